The Hall–Kier alpha value is -4.22. The molecular formula is C36H38BrClN4O6. The lowest BCUT2D eigenvalue weighted by atomic mass is 9.75. The second kappa shape index (κ2) is 14.5. The largest absolute Gasteiger partial charge is 0.463 e. The first kappa shape index (κ1) is 35.1. The van der Waals surface area contributed by atoms with Crippen LogP contribution < -0.4 is 11.1 Å². The highest BCUT2D eigenvalue weighted by Gasteiger charge is 2.54. The van der Waals surface area contributed by atoms with Crippen LogP contribution in [0.4, 0.5) is 4.79 Å². The number of hydrogen-bond donors (Lipinski definition) is 2. The first-order chi connectivity index (χ1) is 22.8. The van der Waals surface area contributed by atoms with Gasteiger partial charge >= 0.3 is 12.1 Å². The predicted octanol–water partition coefficient (Wildman–Crippen LogP) is 7.04. The van der Waals surface area contributed by atoms with Crippen LogP contribution in [0.5, 0.6) is 0 Å². The van der Waals surface area contributed by atoms with E-state index in [1.807, 2.05) is 75.4 Å². The highest BCUT2D eigenvalue weighted by Crippen LogP contribution is 2.45. The maximum absolute atomic E-state index is 15.0. The Bertz CT molecular complexity index is 1720. The van der Waals surface area contributed by atoms with Crippen molar-refractivity contribution < 1.29 is 28.7 Å². The Morgan fingerprint density at radius 1 is 1.06 bits per heavy atom. The number of nitrogens with two attached hydrogens (primary N) is 1. The third-order valence-electron chi connectivity index (χ3n) is 8.14. The van der Waals surface area contributed by atoms with E-state index in [1.165, 1.54) is 17.0 Å². The number of carbonyl (C=O) groups is 4. The summed E-state index contributed by atoms with van der Waals surface area (Å²) in [4.78, 5) is 59.8. The molecule has 12 heteroatoms. The van der Waals surface area contributed by atoms with Crippen molar-refractivity contribution >= 4 is 57.4 Å². The molecule has 1 heterocycles. The Morgan fingerprint density at radius 3 is 2.38 bits per heavy atom. The number of nitrogens with zero attached hydrogens (tertiary/aromatic N) is 2. The first-order valence-corrected chi connectivity index (χ1v) is 16.8. The molecule has 2 aliphatic rings. The average molecular weight is 738 g/mol. The first-order valence-electron chi connectivity index (χ1n) is 15.7. The number of guanidine groups is 1. The number of amides is 3. The van der Waals surface area contributed by atoms with Crippen LogP contribution in [0, 0.1) is 11.3 Å². The summed E-state index contributed by atoms with van der Waals surface area (Å²) in [5.41, 5.74) is 5.54. The lowest BCUT2D eigenvalue weighted by Crippen LogP contribution is -2.49. The van der Waals surface area contributed by atoms with Gasteiger partial charge in [-0.15, -0.1) is 0 Å². The summed E-state index contributed by atoms with van der Waals surface area (Å²) in [6, 6.07) is 20.0. The fourth-order valence-corrected chi connectivity index (χ4v) is 6.23. The van der Waals surface area contributed by atoms with Gasteiger partial charge in [-0.1, -0.05) is 96.8 Å². The zero-order valence-electron chi connectivity index (χ0n) is 27.0. The molecule has 2 atom stereocenters. The van der Waals surface area contributed by atoms with Crippen molar-refractivity contribution in [1.29, 1.82) is 0 Å². The molecule has 3 aromatic carbocycles. The van der Waals surface area contributed by atoms with Crippen molar-refractivity contribution in [3.05, 3.63) is 105 Å². The molecule has 1 aliphatic heterocycles. The molecule has 0 bridgehead atoms. The fraction of sp³-hybridized carbons (Fsp3) is 0.361. The topological polar surface area (TPSA) is 140 Å². The van der Waals surface area contributed by atoms with Crippen LogP contribution in [0.15, 0.2) is 82.3 Å². The second-order valence-corrected chi connectivity index (χ2v) is 14.7. The van der Waals surface area contributed by atoms with Crippen LogP contribution in [0.2, 0.25) is 5.02 Å². The van der Waals surface area contributed by atoms with Crippen LogP contribution in [-0.2, 0) is 31.2 Å². The van der Waals surface area contributed by atoms with Crippen molar-refractivity contribution in [2.24, 2.45) is 22.1 Å². The van der Waals surface area contributed by atoms with E-state index in [1.54, 1.807) is 6.07 Å². The van der Waals surface area contributed by atoms with Crippen molar-refractivity contribution in [3.8, 4) is 0 Å². The summed E-state index contributed by atoms with van der Waals surface area (Å²) in [6.07, 6.45) is 1.60. The third-order valence-corrected chi connectivity index (χ3v) is 9.00. The third kappa shape index (κ3) is 8.43. The Morgan fingerprint density at radius 2 is 1.75 bits per heavy atom. The lowest BCUT2D eigenvalue weighted by Gasteiger charge is -2.35. The Labute approximate surface area is 293 Å². The van der Waals surface area contributed by atoms with Crippen LogP contribution in [0.3, 0.4) is 0 Å². The summed E-state index contributed by atoms with van der Waals surface area (Å²) in [6.45, 7) is 5.68. The van der Waals surface area contributed by atoms with E-state index >= 15 is 4.79 Å². The fourth-order valence-electron chi connectivity index (χ4n) is 5.75. The van der Waals surface area contributed by atoms with Crippen LogP contribution in [0.1, 0.15) is 79.5 Å². The van der Waals surface area contributed by atoms with Crippen molar-refractivity contribution in [2.75, 3.05) is 6.61 Å². The molecule has 0 unspecified atom stereocenters. The molecule has 0 radical (unpaired) electrons. The number of primary amides is 1. The zero-order chi connectivity index (χ0) is 34.6. The van der Waals surface area contributed by atoms with Gasteiger partial charge < -0.3 is 15.2 Å². The van der Waals surface area contributed by atoms with Gasteiger partial charge in [0.05, 0.1) is 16.6 Å². The minimum Gasteiger partial charge on any atom is -0.463 e. The molecule has 0 saturated heterocycles. The lowest BCUT2D eigenvalue weighted by molar-refractivity contribution is -0.148. The van der Waals surface area contributed by atoms with Gasteiger partial charge in [0.25, 0.3) is 5.91 Å². The van der Waals surface area contributed by atoms with E-state index < -0.39 is 40.9 Å². The van der Waals surface area contributed by atoms with Gasteiger partial charge in [0.2, 0.25) is 11.9 Å². The van der Waals surface area contributed by atoms with Crippen LogP contribution in [-0.4, -0.2) is 41.3 Å². The number of esters is 1. The Kier molecular flexibility index (Phi) is 10.6. The van der Waals surface area contributed by atoms with E-state index in [9.17, 15) is 14.4 Å². The maximum Gasteiger partial charge on any atom is 0.414 e. The number of rotatable bonds is 11. The molecule has 3 aromatic rings. The predicted molar refractivity (Wildman–Crippen MR) is 185 cm³/mol. The standard InChI is InChI=1S/C36H38BrClN4O6/c1-35(2,3)21-36(25-12-14-26(37)15-13-25)32(45)42(33(41-36)40-34(46)48-19-23-7-5-4-6-8-23)29(20-47-30(43)17-22-9-10-22)24-11-16-28(38)27(18-24)31(39)44/h4-8,11-16,18,22,29H,9-10,17,19-21H2,1-3H3,(H2,39,44)(H,40,41,46)/t29-,36-/m1/s1. The average Bonchev–Trinajstić information content (AvgIpc) is 3.81. The number of hydrogen-bond acceptors (Lipinski definition) is 7. The molecule has 5 rings (SSSR count). The number of benzene rings is 3. The minimum absolute atomic E-state index is 0.0187. The Balaban J connectivity index is 1.60. The van der Waals surface area contributed by atoms with Gasteiger partial charge in [0.15, 0.2) is 5.54 Å². The number of carbonyl (C=O) groups excluding carboxylic acids is 4. The summed E-state index contributed by atoms with van der Waals surface area (Å²) >= 11 is 9.77. The number of halogens is 2. The highest BCUT2D eigenvalue weighted by atomic mass is 79.9. The number of alkyl carbamates (subject to hydrolysis) is 1. The monoisotopic (exact) mass is 736 g/mol. The quantitative estimate of drug-likeness (QED) is 0.202. The molecule has 3 amide bonds. The van der Waals surface area contributed by atoms with Gasteiger partial charge in [-0.25, -0.2) is 9.79 Å². The highest BCUT2D eigenvalue weighted by molar-refractivity contribution is 9.10. The molecular weight excluding hydrogens is 700 g/mol. The van der Waals surface area contributed by atoms with Gasteiger partial charge in [-0.2, -0.15) is 0 Å². The maximum atomic E-state index is 15.0. The van der Waals surface area contributed by atoms with Crippen LogP contribution in [0.25, 0.3) is 0 Å². The summed E-state index contributed by atoms with van der Waals surface area (Å²) < 4.78 is 12.1. The number of nitrogens with one attached hydrogen (secondary N) is 1. The molecule has 1 fully saturated rings. The van der Waals surface area contributed by atoms with Gasteiger partial charge in [0.1, 0.15) is 13.2 Å². The van der Waals surface area contributed by atoms with Crippen molar-refractivity contribution in [3.63, 3.8) is 0 Å². The molecule has 48 heavy (non-hydrogen) atoms. The zero-order valence-corrected chi connectivity index (χ0v) is 29.3. The minimum atomic E-state index is -1.48. The van der Waals surface area contributed by atoms with Crippen molar-refractivity contribution in [1.82, 2.24) is 10.2 Å². The SMILES string of the molecule is CC(C)(C)C[C@]1(c2ccc(Br)cc2)N=C(NC(=O)OCc2ccccc2)N([C@H](COC(=O)CC2CC2)c2ccc(Cl)c(C(N)=O)c2)C1=O. The van der Waals surface area contributed by atoms with E-state index in [4.69, 9.17) is 31.8 Å². The molecule has 1 saturated carbocycles. The summed E-state index contributed by atoms with van der Waals surface area (Å²) in [7, 11) is 0. The van der Waals surface area contributed by atoms with Gasteiger partial charge in [-0.3, -0.25) is 24.6 Å². The molecule has 0 aromatic heterocycles. The molecule has 252 valence electrons. The van der Waals surface area contributed by atoms with Gasteiger partial charge in [-0.05, 0) is 71.6 Å². The van der Waals surface area contributed by atoms with Gasteiger partial charge in [0, 0.05) is 10.9 Å². The molecule has 1 aliphatic carbocycles. The number of aliphatic imine (C=N–C) groups is 1. The summed E-state index contributed by atoms with van der Waals surface area (Å²) in [5.74, 6) is -1.47. The van der Waals surface area contributed by atoms with Crippen LogP contribution >= 0.6 is 27.5 Å². The van der Waals surface area contributed by atoms with E-state index in [0.29, 0.717) is 11.1 Å². The van der Waals surface area contributed by atoms with E-state index in [2.05, 4.69) is 21.2 Å². The van der Waals surface area contributed by atoms with E-state index in [0.717, 1.165) is 22.9 Å². The van der Waals surface area contributed by atoms with Crippen molar-refractivity contribution in [2.45, 2.75) is 64.6 Å². The molecule has 10 nitrogen and oxygen atoms in total. The second-order valence-electron chi connectivity index (χ2n) is 13.4. The molecule has 0 spiro atoms. The molecule has 3 N–H and O–H groups in total. The van der Waals surface area contributed by atoms with E-state index in [-0.39, 0.29) is 48.5 Å². The number of ether oxygens (including phenoxy) is 2. The summed E-state index contributed by atoms with van der Waals surface area (Å²) in [5, 5.41) is 2.83. The normalized spacial score (nSPS) is 18.2. The smallest absolute Gasteiger partial charge is 0.414 e.